The fourth-order valence-corrected chi connectivity index (χ4v) is 11.2. The fourth-order valence-electron chi connectivity index (χ4n) is 11.2. The Morgan fingerprint density at radius 3 is 0.951 bits per heavy atom. The number of alkyl carbamates (subject to hydrolysis) is 4. The van der Waals surface area contributed by atoms with Crippen molar-refractivity contribution in [3.05, 3.63) is 340 Å². The number of nitrogens with two attached hydrogens (primary N) is 5. The number of nitriles is 2. The first kappa shape index (κ1) is 115. The van der Waals surface area contributed by atoms with Gasteiger partial charge in [-0.3, -0.25) is 39.4 Å². The Balaban J connectivity index is 0.000000296. The van der Waals surface area contributed by atoms with Gasteiger partial charge in [0.1, 0.15) is 117 Å². The number of carbonyl (C=O) groups is 6. The Morgan fingerprint density at radius 2 is 0.620 bits per heavy atom. The molecule has 0 bridgehead atoms. The summed E-state index contributed by atoms with van der Waals surface area (Å²) < 4.78 is 129. The Kier molecular flexibility index (Phi) is 43.6. The van der Waals surface area contributed by atoms with Crippen molar-refractivity contribution < 1.29 is 92.7 Å². The van der Waals surface area contributed by atoms with Gasteiger partial charge >= 0.3 is 36.6 Å². The zero-order valence-corrected chi connectivity index (χ0v) is 80.0. The summed E-state index contributed by atoms with van der Waals surface area (Å²) in [6, 6.07) is 49.9. The molecule has 0 aliphatic heterocycles. The van der Waals surface area contributed by atoms with E-state index in [1.807, 2.05) is 60.7 Å². The Labute approximate surface area is 816 Å². The smallest absolute Gasteiger partial charge is 0.411 e. The van der Waals surface area contributed by atoms with Crippen LogP contribution in [0, 0.1) is 63.4 Å². The van der Waals surface area contributed by atoms with E-state index in [4.69, 9.17) is 72.4 Å². The normalized spacial score (nSPS) is 10.6. The third-order valence-corrected chi connectivity index (χ3v) is 17.7. The second kappa shape index (κ2) is 53.6. The molecular weight excluding hydrogens is 1890 g/mol. The number of hydrogen-bond donors (Lipinski definition) is 14. The fraction of sp³-hybridized carbons (Fsp3) is 0.253. The van der Waals surface area contributed by atoms with E-state index in [9.17, 15) is 88.3 Å². The van der Waals surface area contributed by atoms with E-state index in [0.29, 0.717) is 50.9 Å². The van der Waals surface area contributed by atoms with Crippen molar-refractivity contribution in [1.82, 2.24) is 21.3 Å². The lowest BCUT2D eigenvalue weighted by Crippen LogP contribution is -2.36. The van der Waals surface area contributed by atoms with Crippen LogP contribution in [-0.4, -0.2) is 65.6 Å². The number of halogens is 8. The molecule has 0 fully saturated rings. The molecule has 0 unspecified atom stereocenters. The second-order valence-corrected chi connectivity index (χ2v) is 33.8. The van der Waals surface area contributed by atoms with Gasteiger partial charge in [0, 0.05) is 100 Å². The van der Waals surface area contributed by atoms with Gasteiger partial charge in [0.05, 0.1) is 17.7 Å². The highest BCUT2D eigenvalue weighted by molar-refractivity contribution is 5.86. The van der Waals surface area contributed by atoms with Gasteiger partial charge in [-0.05, 0) is 229 Å². The third-order valence-electron chi connectivity index (χ3n) is 17.7. The molecule has 12 aromatic rings. The molecule has 0 aliphatic rings. The van der Waals surface area contributed by atoms with Crippen molar-refractivity contribution in [1.29, 1.82) is 10.5 Å². The highest BCUT2D eigenvalue weighted by Crippen LogP contribution is 2.28. The number of carbonyl (C=O) groups excluding carboxylic acids is 6. The quantitative estimate of drug-likeness (QED) is 0.0122. The number of amides is 6. The van der Waals surface area contributed by atoms with Gasteiger partial charge in [-0.15, -0.1) is 12.4 Å². The van der Waals surface area contributed by atoms with Crippen LogP contribution >= 0.6 is 12.4 Å². The van der Waals surface area contributed by atoms with Gasteiger partial charge in [0.25, 0.3) is 32.6 Å². The predicted molar refractivity (Wildman–Crippen MR) is 525 cm³/mol. The van der Waals surface area contributed by atoms with Crippen molar-refractivity contribution in [2.45, 2.75) is 158 Å². The first-order valence-electron chi connectivity index (χ1n) is 42.5. The van der Waals surface area contributed by atoms with E-state index in [1.54, 1.807) is 102 Å². The van der Waals surface area contributed by atoms with Crippen LogP contribution in [-0.2, 0) is 74.4 Å². The maximum absolute atomic E-state index is 13.9. The number of rotatable bonds is 23. The minimum Gasteiger partial charge on any atom is -0.488 e. The molecule has 12 aromatic carbocycles. The Hall–Kier alpha value is -17.0. The maximum Gasteiger partial charge on any atom is 0.411 e. The lowest BCUT2D eigenvalue weighted by Gasteiger charge is -2.20. The number of ether oxygens (including phenoxy) is 7. The van der Waals surface area contributed by atoms with E-state index in [-0.39, 0.29) is 127 Å². The van der Waals surface area contributed by atoms with E-state index < -0.39 is 132 Å². The van der Waals surface area contributed by atoms with E-state index >= 15 is 0 Å². The van der Waals surface area contributed by atoms with Crippen molar-refractivity contribution in [2.24, 2.45) is 5.73 Å². The van der Waals surface area contributed by atoms with Gasteiger partial charge in [-0.2, -0.15) is 10.5 Å². The summed E-state index contributed by atoms with van der Waals surface area (Å²) in [5.41, 5.74) is 25.5. The summed E-state index contributed by atoms with van der Waals surface area (Å²) in [4.78, 5) is 137. The number of nitrogen functional groups attached to an aromatic ring is 4. The van der Waals surface area contributed by atoms with Crippen LogP contribution in [0.15, 0.2) is 217 Å². The minimum atomic E-state index is -0.744. The van der Waals surface area contributed by atoms with Crippen molar-refractivity contribution >= 4 is 117 Å². The first-order chi connectivity index (χ1) is 66.2. The molecule has 19 N–H and O–H groups in total. The molecule has 0 aromatic heterocycles. The minimum absolute atomic E-state index is 0. The molecular formula is C99H106ClF7N16O19. The molecule has 0 saturated heterocycles. The van der Waals surface area contributed by atoms with Gasteiger partial charge in [0.15, 0.2) is 5.75 Å². The molecule has 0 heterocycles. The molecule has 6 amide bonds. The lowest BCUT2D eigenvalue weighted by atomic mass is 10.1. The van der Waals surface area contributed by atoms with E-state index in [2.05, 4.69) is 47.9 Å². The van der Waals surface area contributed by atoms with Crippen LogP contribution in [0.3, 0.4) is 0 Å². The average Bonchev–Trinajstić information content (AvgIpc) is 0.779. The van der Waals surface area contributed by atoms with Gasteiger partial charge in [-0.1, -0.05) is 60.7 Å². The SMILES string of the molecule is CC(C)(C)OC(=O)NCc1cc(N)ccc1F.CC(C)(C)OC(=O)NCc1cc(NC(=O)OCc2ccccc2)ccc1F.CC(C)(C)OC(=O)NCc1cc(Nc2c(N)c(=O)c2=O)ccc1F.CCOc1c(Nc2ccc(F)c(CNC(=O)OC(C)(C)C)c2)c(=O)c1=O.Cl.N#Cc1cc(N)ccc1F.N#Cc1cc(NC(=O)OCc2ccccc2)ccc1F.NCc1cc(Nc2c(N)c(=O)c2=O)ccc1F. The van der Waals surface area contributed by atoms with Gasteiger partial charge in [-0.25, -0.2) is 59.5 Å². The molecule has 0 radical (unpaired) electrons. The van der Waals surface area contributed by atoms with Crippen LogP contribution in [0.4, 0.5) is 128 Å². The summed E-state index contributed by atoms with van der Waals surface area (Å²) in [7, 11) is 0. The molecule has 0 saturated carbocycles. The first-order valence-corrected chi connectivity index (χ1v) is 42.5. The van der Waals surface area contributed by atoms with Gasteiger partial charge in [0.2, 0.25) is 0 Å². The molecule has 0 atom stereocenters. The number of nitrogens with zero attached hydrogens (tertiary/aromatic N) is 2. The maximum atomic E-state index is 13.9. The largest absolute Gasteiger partial charge is 0.488 e. The molecule has 35 nitrogen and oxygen atoms in total. The number of hydrogen-bond acceptors (Lipinski definition) is 29. The Morgan fingerprint density at radius 1 is 0.338 bits per heavy atom. The summed E-state index contributed by atoms with van der Waals surface area (Å²) >= 11 is 0. The van der Waals surface area contributed by atoms with Crippen molar-refractivity contribution in [3.8, 4) is 17.9 Å². The molecule has 752 valence electrons. The lowest BCUT2D eigenvalue weighted by molar-refractivity contribution is 0.0511. The molecule has 43 heteroatoms. The third kappa shape index (κ3) is 38.9. The summed E-state index contributed by atoms with van der Waals surface area (Å²) in [6.45, 7) is 22.8. The molecule has 0 spiro atoms. The summed E-state index contributed by atoms with van der Waals surface area (Å²) in [6.07, 6.45) is -3.90. The summed E-state index contributed by atoms with van der Waals surface area (Å²) in [5.74, 6) is -3.58. The van der Waals surface area contributed by atoms with Crippen LogP contribution in [0.1, 0.15) is 140 Å². The van der Waals surface area contributed by atoms with E-state index in [1.165, 1.54) is 121 Å². The molecule has 142 heavy (non-hydrogen) atoms. The average molecular weight is 1990 g/mol. The Bertz CT molecular complexity index is 6720. The zero-order chi connectivity index (χ0) is 105. The topological polar surface area (TPSA) is 555 Å². The second-order valence-electron chi connectivity index (χ2n) is 33.8. The van der Waals surface area contributed by atoms with Crippen molar-refractivity contribution in [2.75, 3.05) is 56.1 Å². The number of anilines is 12. The predicted octanol–water partition coefficient (Wildman–Crippen LogP) is 16.7. The highest BCUT2D eigenvalue weighted by atomic mass is 35.5. The molecule has 12 rings (SSSR count). The van der Waals surface area contributed by atoms with E-state index in [0.717, 1.165) is 17.2 Å². The van der Waals surface area contributed by atoms with Crippen LogP contribution in [0.25, 0.3) is 0 Å². The van der Waals surface area contributed by atoms with Crippen LogP contribution in [0.2, 0.25) is 0 Å². The van der Waals surface area contributed by atoms with Crippen LogP contribution in [0.5, 0.6) is 5.75 Å². The van der Waals surface area contributed by atoms with Crippen LogP contribution < -0.4 is 114 Å². The number of benzene rings is 9. The summed E-state index contributed by atoms with van der Waals surface area (Å²) in [5, 5.41) is 39.9. The standard InChI is InChI=1S/C20H23FN2O4.C18H21FN2O5.C16H18FN3O4.C15H11FN2O2.C12H17FN2O2.C11H10FN3O2.C7H5FN2.ClH/c1-20(2,3)27-18(24)22-12-15-11-16(9-10-17(15)21)23-19(25)26-13-14-7-5-4-6-8-14;1-5-25-16-13(14(22)15(16)23)21-11-6-7-12(19)10(8-11)9-20-17(24)26-18(2,3)4;1-16(2,3)24-15(23)19-7-8-6-9(4-5-10(8)17)20-12-11(18)13(21)14(12)22;16-14-7-6-13(8-12(14)9-17)18-15(19)20-10-11-4-2-1-3-5-11;1-12(2,3)17-11(16)15-7-8-6-9(14)4-5-10(8)13;12-7-2-1-6(3-5(7)4-13)15-9-8(14)10(16)11(9)17;8-7-2-1-6(10)3-5(7)4-9;/h4-11H,12-13H2,1-3H3,(H,22,24)(H,23,25);6-8,21H,5,9H2,1-4H3,(H,20,24);4-6,20H,7,18H2,1-3H3,(H,19,23);1-8H,10H2,(H,18,19);4-6H,7,14H2,1-3H3,(H,15,16);1-3,15H,4,13-14H2;1-3H,10H2;1H. The number of nitrogens with one attached hydrogen (secondary N) is 9. The monoisotopic (exact) mass is 1990 g/mol. The van der Waals surface area contributed by atoms with Crippen molar-refractivity contribution in [3.63, 3.8) is 0 Å². The zero-order valence-electron chi connectivity index (χ0n) is 79.1. The molecule has 0 aliphatic carbocycles. The highest BCUT2D eigenvalue weighted by Gasteiger charge is 2.27. The van der Waals surface area contributed by atoms with Gasteiger partial charge < -0.3 is 99.0 Å².